The Kier molecular flexibility index (Phi) is 5.17. The second-order valence-corrected chi connectivity index (χ2v) is 7.86. The fourth-order valence-corrected chi connectivity index (χ4v) is 3.39. The number of amides is 1. The van der Waals surface area contributed by atoms with Gasteiger partial charge >= 0.3 is 6.09 Å². The molecule has 3 heteroatoms. The first kappa shape index (κ1) is 18.2. The molecule has 0 fully saturated rings. The highest BCUT2D eigenvalue weighted by Crippen LogP contribution is 2.39. The third-order valence-electron chi connectivity index (χ3n) is 4.45. The smallest absolute Gasteiger partial charge is 0.407 e. The van der Waals surface area contributed by atoms with Crippen LogP contribution >= 0.6 is 0 Å². The summed E-state index contributed by atoms with van der Waals surface area (Å²) in [4.78, 5) is 11.9. The fourth-order valence-electron chi connectivity index (χ4n) is 3.39. The Morgan fingerprint density at radius 3 is 2.54 bits per heavy atom. The van der Waals surface area contributed by atoms with E-state index in [4.69, 9.17) is 4.74 Å². The number of aryl methyl sites for hydroxylation is 1. The van der Waals surface area contributed by atoms with Gasteiger partial charge in [-0.2, -0.15) is 0 Å². The molecule has 0 aliphatic heterocycles. The van der Waals surface area contributed by atoms with Crippen molar-refractivity contribution in [3.8, 4) is 0 Å². The van der Waals surface area contributed by atoms with E-state index in [1.165, 1.54) is 33.4 Å². The number of hydrogen-bond donors (Lipinski definition) is 1. The molecule has 3 rings (SSSR count). The number of benzene rings is 2. The van der Waals surface area contributed by atoms with Crippen LogP contribution in [0.2, 0.25) is 0 Å². The summed E-state index contributed by atoms with van der Waals surface area (Å²) in [6.07, 6.45) is 1.40. The molecule has 0 spiro atoms. The number of alkyl carbamates (subject to hydrolysis) is 1. The molecule has 0 atom stereocenters. The van der Waals surface area contributed by atoms with Gasteiger partial charge in [-0.15, -0.1) is 0 Å². The maximum Gasteiger partial charge on any atom is 0.407 e. The van der Waals surface area contributed by atoms with Crippen LogP contribution in [0.4, 0.5) is 4.79 Å². The molecular weight excluding hydrogens is 322 g/mol. The van der Waals surface area contributed by atoms with Crippen LogP contribution in [0.3, 0.4) is 0 Å². The van der Waals surface area contributed by atoms with Crippen LogP contribution in [0.25, 0.3) is 5.57 Å². The van der Waals surface area contributed by atoms with Crippen molar-refractivity contribution in [1.29, 1.82) is 0 Å². The molecule has 0 aromatic heterocycles. The predicted octanol–water partition coefficient (Wildman–Crippen LogP) is 5.27. The van der Waals surface area contributed by atoms with Gasteiger partial charge in [0.05, 0.1) is 0 Å². The van der Waals surface area contributed by atoms with Crippen LogP contribution < -0.4 is 5.32 Å². The summed E-state index contributed by atoms with van der Waals surface area (Å²) in [6.45, 7) is 8.33. The van der Waals surface area contributed by atoms with Gasteiger partial charge in [-0.3, -0.25) is 0 Å². The van der Waals surface area contributed by atoms with E-state index in [9.17, 15) is 4.79 Å². The summed E-state index contributed by atoms with van der Waals surface area (Å²) in [5.41, 5.74) is 7.41. The van der Waals surface area contributed by atoms with Crippen molar-refractivity contribution in [2.75, 3.05) is 6.54 Å². The molecule has 0 saturated heterocycles. The van der Waals surface area contributed by atoms with E-state index < -0.39 is 5.60 Å². The standard InChI is InChI=1S/C23H27NO2/c1-16-10-11-18-15-19(12-13-24-22(25)26-23(2,3)4)21(20(18)14-16)17-8-6-5-7-9-17/h5-11,14H,12-13,15H2,1-4H3,(H,24,25). The van der Waals surface area contributed by atoms with Crippen LogP contribution in [0.1, 0.15) is 49.4 Å². The Morgan fingerprint density at radius 1 is 1.12 bits per heavy atom. The Hall–Kier alpha value is -2.55. The molecule has 3 nitrogen and oxygen atoms in total. The van der Waals surface area contributed by atoms with Crippen molar-refractivity contribution in [2.45, 2.75) is 46.1 Å². The normalized spacial score (nSPS) is 13.5. The van der Waals surface area contributed by atoms with Crippen molar-refractivity contribution in [3.63, 3.8) is 0 Å². The Bertz CT molecular complexity index is 829. The topological polar surface area (TPSA) is 38.3 Å². The SMILES string of the molecule is Cc1ccc2c(c1)C(c1ccccc1)=C(CCNC(=O)OC(C)(C)C)C2. The Morgan fingerprint density at radius 2 is 1.85 bits per heavy atom. The largest absolute Gasteiger partial charge is 0.444 e. The number of ether oxygens (including phenoxy) is 1. The van der Waals surface area contributed by atoms with Crippen LogP contribution in [-0.4, -0.2) is 18.2 Å². The number of carbonyl (C=O) groups excluding carboxylic acids is 1. The summed E-state index contributed by atoms with van der Waals surface area (Å²) < 4.78 is 5.33. The van der Waals surface area contributed by atoms with E-state index in [1.807, 2.05) is 26.8 Å². The minimum Gasteiger partial charge on any atom is -0.444 e. The fraction of sp³-hybridized carbons (Fsp3) is 0.348. The zero-order valence-corrected chi connectivity index (χ0v) is 16.1. The highest BCUT2D eigenvalue weighted by Gasteiger charge is 2.23. The highest BCUT2D eigenvalue weighted by atomic mass is 16.6. The van der Waals surface area contributed by atoms with Crippen LogP contribution in [0.15, 0.2) is 54.1 Å². The minimum atomic E-state index is -0.473. The van der Waals surface area contributed by atoms with Crippen molar-refractivity contribution < 1.29 is 9.53 Å². The molecule has 0 unspecified atom stereocenters. The van der Waals surface area contributed by atoms with Gasteiger partial charge in [0.2, 0.25) is 0 Å². The first-order valence-electron chi connectivity index (χ1n) is 9.18. The molecule has 1 aliphatic rings. The van der Waals surface area contributed by atoms with Gasteiger partial charge in [-0.05, 0) is 62.8 Å². The molecule has 2 aromatic carbocycles. The van der Waals surface area contributed by atoms with Gasteiger partial charge < -0.3 is 10.1 Å². The number of hydrogen-bond acceptors (Lipinski definition) is 2. The lowest BCUT2D eigenvalue weighted by Crippen LogP contribution is -2.33. The van der Waals surface area contributed by atoms with Crippen molar-refractivity contribution >= 4 is 11.7 Å². The van der Waals surface area contributed by atoms with E-state index in [1.54, 1.807) is 0 Å². The number of nitrogens with one attached hydrogen (secondary N) is 1. The zero-order chi connectivity index (χ0) is 18.7. The molecule has 2 aromatic rings. The number of fused-ring (bicyclic) bond motifs is 1. The van der Waals surface area contributed by atoms with Crippen LogP contribution in [-0.2, 0) is 11.2 Å². The lowest BCUT2D eigenvalue weighted by atomic mass is 9.95. The molecule has 136 valence electrons. The quantitative estimate of drug-likeness (QED) is 0.817. The van der Waals surface area contributed by atoms with Gasteiger partial charge in [-0.1, -0.05) is 59.7 Å². The summed E-state index contributed by atoms with van der Waals surface area (Å²) in [5.74, 6) is 0. The van der Waals surface area contributed by atoms with E-state index in [2.05, 4.69) is 54.7 Å². The molecule has 0 bridgehead atoms. The Balaban J connectivity index is 1.79. The van der Waals surface area contributed by atoms with E-state index in [-0.39, 0.29) is 6.09 Å². The molecule has 0 heterocycles. The molecule has 1 N–H and O–H groups in total. The van der Waals surface area contributed by atoms with Crippen LogP contribution in [0.5, 0.6) is 0 Å². The summed E-state index contributed by atoms with van der Waals surface area (Å²) in [7, 11) is 0. The maximum atomic E-state index is 11.9. The second kappa shape index (κ2) is 7.36. The molecule has 26 heavy (non-hydrogen) atoms. The molecule has 1 aliphatic carbocycles. The number of rotatable bonds is 4. The van der Waals surface area contributed by atoms with Crippen molar-refractivity contribution in [3.05, 3.63) is 76.4 Å². The first-order chi connectivity index (χ1) is 12.3. The van der Waals surface area contributed by atoms with Crippen molar-refractivity contribution in [2.24, 2.45) is 0 Å². The first-order valence-corrected chi connectivity index (χ1v) is 9.18. The van der Waals surface area contributed by atoms with E-state index in [0.717, 1.165) is 12.8 Å². The monoisotopic (exact) mass is 349 g/mol. The van der Waals surface area contributed by atoms with Gasteiger partial charge in [0.1, 0.15) is 5.60 Å². The molecule has 0 saturated carbocycles. The van der Waals surface area contributed by atoms with Crippen molar-refractivity contribution in [1.82, 2.24) is 5.32 Å². The lowest BCUT2D eigenvalue weighted by Gasteiger charge is -2.19. The Labute approximate surface area is 156 Å². The zero-order valence-electron chi connectivity index (χ0n) is 16.1. The second-order valence-electron chi connectivity index (χ2n) is 7.86. The van der Waals surface area contributed by atoms with E-state index in [0.29, 0.717) is 6.54 Å². The average molecular weight is 349 g/mol. The molecular formula is C23H27NO2. The minimum absolute atomic E-state index is 0.356. The summed E-state index contributed by atoms with van der Waals surface area (Å²) >= 11 is 0. The predicted molar refractivity (Wildman–Crippen MR) is 106 cm³/mol. The molecule has 0 radical (unpaired) electrons. The number of carbonyl (C=O) groups is 1. The third-order valence-corrected chi connectivity index (χ3v) is 4.45. The van der Waals surface area contributed by atoms with Gasteiger partial charge in [0, 0.05) is 6.54 Å². The average Bonchev–Trinajstić information content (AvgIpc) is 2.91. The summed E-state index contributed by atoms with van der Waals surface area (Å²) in [6, 6.07) is 17.2. The van der Waals surface area contributed by atoms with E-state index >= 15 is 0 Å². The lowest BCUT2D eigenvalue weighted by molar-refractivity contribution is 0.0528. The molecule has 1 amide bonds. The maximum absolute atomic E-state index is 11.9. The highest BCUT2D eigenvalue weighted by molar-refractivity contribution is 5.87. The van der Waals surface area contributed by atoms with Gasteiger partial charge in [-0.25, -0.2) is 4.79 Å². The third kappa shape index (κ3) is 4.34. The van der Waals surface area contributed by atoms with Gasteiger partial charge in [0.15, 0.2) is 0 Å². The van der Waals surface area contributed by atoms with Gasteiger partial charge in [0.25, 0.3) is 0 Å². The van der Waals surface area contributed by atoms with Crippen LogP contribution in [0, 0.1) is 6.92 Å². The summed E-state index contributed by atoms with van der Waals surface area (Å²) in [5, 5.41) is 2.88.